The zero-order valence-electron chi connectivity index (χ0n) is 21.1. The van der Waals surface area contributed by atoms with Crippen molar-refractivity contribution in [1.82, 2.24) is 10.2 Å². The maximum Gasteiger partial charge on any atom is 0.243 e. The van der Waals surface area contributed by atoms with Crippen molar-refractivity contribution in [2.75, 3.05) is 17.1 Å². The Bertz CT molecular complexity index is 1120. The molecule has 0 saturated carbocycles. The lowest BCUT2D eigenvalue weighted by molar-refractivity contribution is -0.141. The normalized spacial score (nSPS) is 12.3. The van der Waals surface area contributed by atoms with Gasteiger partial charge in [-0.15, -0.1) is 0 Å². The van der Waals surface area contributed by atoms with Gasteiger partial charge in [0.05, 0.1) is 11.9 Å². The maximum atomic E-state index is 14.3. The molecule has 0 aromatic heterocycles. The molecule has 0 spiro atoms. The molecule has 0 fully saturated rings. The molecule has 35 heavy (non-hydrogen) atoms. The number of hydrogen-bond acceptors (Lipinski definition) is 4. The van der Waals surface area contributed by atoms with Crippen molar-refractivity contribution < 1.29 is 22.4 Å². The molecule has 1 N–H and O–H groups in total. The van der Waals surface area contributed by atoms with Gasteiger partial charge in [0.2, 0.25) is 21.8 Å². The maximum absolute atomic E-state index is 14.3. The van der Waals surface area contributed by atoms with Crippen LogP contribution in [0.4, 0.5) is 10.1 Å². The Morgan fingerprint density at radius 1 is 1.09 bits per heavy atom. The molecule has 2 rings (SSSR count). The van der Waals surface area contributed by atoms with Crippen LogP contribution in [-0.2, 0) is 26.2 Å². The largest absolute Gasteiger partial charge is 0.352 e. The summed E-state index contributed by atoms with van der Waals surface area (Å²) >= 11 is 0. The first-order valence-electron chi connectivity index (χ1n) is 11.8. The number of sulfonamides is 1. The molecule has 0 heterocycles. The second-order valence-corrected chi connectivity index (χ2v) is 10.9. The van der Waals surface area contributed by atoms with Crippen LogP contribution in [0.15, 0.2) is 48.5 Å². The number of carbonyl (C=O) groups excluding carboxylic acids is 2. The van der Waals surface area contributed by atoms with E-state index in [1.807, 2.05) is 52.0 Å². The van der Waals surface area contributed by atoms with Gasteiger partial charge in [-0.1, -0.05) is 48.9 Å². The van der Waals surface area contributed by atoms with Gasteiger partial charge >= 0.3 is 0 Å². The zero-order valence-corrected chi connectivity index (χ0v) is 21.9. The molecular weight excluding hydrogens is 469 g/mol. The van der Waals surface area contributed by atoms with E-state index in [4.69, 9.17) is 0 Å². The zero-order chi connectivity index (χ0) is 26.2. The minimum atomic E-state index is -3.76. The average molecular weight is 506 g/mol. The third kappa shape index (κ3) is 8.35. The highest BCUT2D eigenvalue weighted by atomic mass is 32.2. The highest BCUT2D eigenvalue weighted by molar-refractivity contribution is 7.92. The van der Waals surface area contributed by atoms with Crippen molar-refractivity contribution in [3.05, 3.63) is 65.5 Å². The molecule has 9 heteroatoms. The van der Waals surface area contributed by atoms with Gasteiger partial charge in [0.15, 0.2) is 0 Å². The van der Waals surface area contributed by atoms with E-state index in [1.54, 1.807) is 11.0 Å². The van der Waals surface area contributed by atoms with E-state index < -0.39 is 21.9 Å². The van der Waals surface area contributed by atoms with Crippen molar-refractivity contribution >= 4 is 27.5 Å². The molecule has 0 radical (unpaired) electrons. The third-order valence-electron chi connectivity index (χ3n) is 5.53. The Morgan fingerprint density at radius 3 is 2.34 bits per heavy atom. The molecule has 2 aromatic carbocycles. The molecule has 192 valence electrons. The van der Waals surface area contributed by atoms with Crippen molar-refractivity contribution in [2.24, 2.45) is 0 Å². The van der Waals surface area contributed by atoms with Crippen LogP contribution < -0.4 is 9.62 Å². The fourth-order valence-corrected chi connectivity index (χ4v) is 4.91. The number of nitrogens with zero attached hydrogens (tertiary/aromatic N) is 2. The van der Waals surface area contributed by atoms with E-state index in [2.05, 4.69) is 5.32 Å². The minimum absolute atomic E-state index is 0.0117. The van der Waals surface area contributed by atoms with Gasteiger partial charge in [-0.3, -0.25) is 13.9 Å². The second-order valence-electron chi connectivity index (χ2n) is 8.99. The number of rotatable bonds is 12. The number of nitrogens with one attached hydrogen (secondary N) is 1. The van der Waals surface area contributed by atoms with Gasteiger partial charge in [0.1, 0.15) is 11.9 Å². The summed E-state index contributed by atoms with van der Waals surface area (Å²) in [6, 6.07) is 12.6. The minimum Gasteiger partial charge on any atom is -0.352 e. The second kappa shape index (κ2) is 12.7. The summed E-state index contributed by atoms with van der Waals surface area (Å²) in [6.45, 7) is 7.73. The fourth-order valence-electron chi connectivity index (χ4n) is 3.94. The van der Waals surface area contributed by atoms with Gasteiger partial charge in [-0.2, -0.15) is 0 Å². The van der Waals surface area contributed by atoms with Crippen LogP contribution in [-0.4, -0.2) is 50.0 Å². The molecule has 0 aliphatic heterocycles. The summed E-state index contributed by atoms with van der Waals surface area (Å²) in [5.41, 5.74) is 1.89. The lowest BCUT2D eigenvalue weighted by atomic mass is 10.1. The smallest absolute Gasteiger partial charge is 0.243 e. The van der Waals surface area contributed by atoms with Crippen molar-refractivity contribution in [3.63, 3.8) is 0 Å². The quantitative estimate of drug-likeness (QED) is 0.472. The average Bonchev–Trinajstić information content (AvgIpc) is 2.76. The number of amides is 2. The molecule has 0 bridgehead atoms. The van der Waals surface area contributed by atoms with E-state index in [9.17, 15) is 22.4 Å². The van der Waals surface area contributed by atoms with E-state index >= 15 is 0 Å². The van der Waals surface area contributed by atoms with Crippen molar-refractivity contribution in [2.45, 2.75) is 65.6 Å². The monoisotopic (exact) mass is 505 g/mol. The Labute approximate surface area is 208 Å². The van der Waals surface area contributed by atoms with E-state index in [1.165, 1.54) is 18.2 Å². The summed E-state index contributed by atoms with van der Waals surface area (Å²) in [7, 11) is -3.76. The van der Waals surface area contributed by atoms with E-state index in [-0.39, 0.29) is 49.5 Å². The van der Waals surface area contributed by atoms with Gasteiger partial charge < -0.3 is 10.2 Å². The first-order chi connectivity index (χ1) is 16.4. The standard InChI is InChI=1S/C26H36FN3O4S/c1-6-23(26(32)28-19(2)3)29(18-21-12-9-11-20(4)17-21)25(31)15-10-16-30(35(5,33)34)24-14-8-7-13-22(24)27/h7-9,11-14,17,19,23H,6,10,15-16,18H2,1-5H3,(H,28,32)/t23-/m1/s1. The number of halogens is 1. The van der Waals surface area contributed by atoms with Crippen molar-refractivity contribution in [3.8, 4) is 0 Å². The molecular formula is C26H36FN3O4S. The number of para-hydroxylation sites is 1. The summed E-state index contributed by atoms with van der Waals surface area (Å²) < 4.78 is 39.9. The third-order valence-corrected chi connectivity index (χ3v) is 6.71. The molecule has 0 aliphatic rings. The summed E-state index contributed by atoms with van der Waals surface area (Å²) in [5, 5.41) is 2.89. The SMILES string of the molecule is CC[C@H](C(=O)NC(C)C)N(Cc1cccc(C)c1)C(=O)CCCN(c1ccccc1F)S(C)(=O)=O. The van der Waals surface area contributed by atoms with Gasteiger partial charge in [-0.05, 0) is 51.3 Å². The molecule has 2 amide bonds. The van der Waals surface area contributed by atoms with E-state index in [0.717, 1.165) is 21.7 Å². The predicted octanol–water partition coefficient (Wildman–Crippen LogP) is 4.01. The lowest BCUT2D eigenvalue weighted by Crippen LogP contribution is -2.50. The topological polar surface area (TPSA) is 86.8 Å². The molecule has 0 saturated heterocycles. The number of hydrogen-bond donors (Lipinski definition) is 1. The van der Waals surface area contributed by atoms with Crippen LogP contribution in [0, 0.1) is 12.7 Å². The molecule has 1 atom stereocenters. The molecule has 0 unspecified atom stereocenters. The van der Waals surface area contributed by atoms with Crippen LogP contribution in [0.3, 0.4) is 0 Å². The van der Waals surface area contributed by atoms with Crippen LogP contribution in [0.5, 0.6) is 0 Å². The van der Waals surface area contributed by atoms with Crippen LogP contribution in [0.2, 0.25) is 0 Å². The Balaban J connectivity index is 2.23. The Morgan fingerprint density at radius 2 is 1.77 bits per heavy atom. The van der Waals surface area contributed by atoms with Crippen LogP contribution >= 0.6 is 0 Å². The highest BCUT2D eigenvalue weighted by Crippen LogP contribution is 2.22. The first-order valence-corrected chi connectivity index (χ1v) is 13.7. The van der Waals surface area contributed by atoms with E-state index in [0.29, 0.717) is 6.42 Å². The molecule has 7 nitrogen and oxygen atoms in total. The Hall–Kier alpha value is -2.94. The highest BCUT2D eigenvalue weighted by Gasteiger charge is 2.29. The van der Waals surface area contributed by atoms with Gasteiger partial charge in [0.25, 0.3) is 0 Å². The van der Waals surface area contributed by atoms with Crippen LogP contribution in [0.1, 0.15) is 51.2 Å². The van der Waals surface area contributed by atoms with Gasteiger partial charge in [-0.25, -0.2) is 12.8 Å². The predicted molar refractivity (Wildman–Crippen MR) is 137 cm³/mol. The number of aryl methyl sites for hydroxylation is 1. The van der Waals surface area contributed by atoms with Crippen LogP contribution in [0.25, 0.3) is 0 Å². The molecule has 0 aliphatic carbocycles. The summed E-state index contributed by atoms with van der Waals surface area (Å²) in [5.74, 6) is -1.14. The Kier molecular flexibility index (Phi) is 10.2. The van der Waals surface area contributed by atoms with Crippen molar-refractivity contribution in [1.29, 1.82) is 0 Å². The summed E-state index contributed by atoms with van der Waals surface area (Å²) in [6.07, 6.45) is 1.63. The number of anilines is 1. The number of benzene rings is 2. The first kappa shape index (κ1) is 28.3. The molecule has 2 aromatic rings. The fraction of sp³-hybridized carbons (Fsp3) is 0.462. The number of carbonyl (C=O) groups is 2. The van der Waals surface area contributed by atoms with Gasteiger partial charge in [0, 0.05) is 25.6 Å². The summed E-state index contributed by atoms with van der Waals surface area (Å²) in [4.78, 5) is 27.8. The lowest BCUT2D eigenvalue weighted by Gasteiger charge is -2.31.